The average Bonchev–Trinajstić information content (AvgIpc) is 2.39. The third kappa shape index (κ3) is 3.75. The summed E-state index contributed by atoms with van der Waals surface area (Å²) in [6, 6.07) is 14.6. The number of aryl methyl sites for hydroxylation is 2. The van der Waals surface area contributed by atoms with E-state index in [4.69, 9.17) is 23.2 Å². The summed E-state index contributed by atoms with van der Waals surface area (Å²) in [6.45, 7) is 4.27. The van der Waals surface area contributed by atoms with E-state index in [0.717, 1.165) is 11.4 Å². The van der Waals surface area contributed by atoms with Gasteiger partial charge in [-0.1, -0.05) is 47.5 Å². The summed E-state index contributed by atoms with van der Waals surface area (Å²) >= 11 is 12.2. The van der Waals surface area contributed by atoms with Crippen LogP contribution in [0.3, 0.4) is 0 Å². The topological polar surface area (TPSA) is 0 Å². The van der Waals surface area contributed by atoms with E-state index in [0.29, 0.717) is 11.8 Å². The van der Waals surface area contributed by atoms with Crippen molar-refractivity contribution in [2.75, 3.05) is 5.88 Å². The van der Waals surface area contributed by atoms with Crippen LogP contribution >= 0.6 is 23.2 Å². The van der Waals surface area contributed by atoms with E-state index >= 15 is 0 Å². The number of rotatable bonds is 4. The Morgan fingerprint density at radius 3 is 2.53 bits per heavy atom. The highest BCUT2D eigenvalue weighted by molar-refractivity contribution is 6.30. The minimum absolute atomic E-state index is 0.306. The van der Waals surface area contributed by atoms with Crippen molar-refractivity contribution in [1.29, 1.82) is 0 Å². The van der Waals surface area contributed by atoms with Gasteiger partial charge in [0.1, 0.15) is 0 Å². The highest BCUT2D eigenvalue weighted by Crippen LogP contribution is 2.26. The maximum atomic E-state index is 6.15. The van der Waals surface area contributed by atoms with E-state index < -0.39 is 0 Å². The maximum Gasteiger partial charge on any atom is 0.0408 e. The molecule has 2 aromatic rings. The van der Waals surface area contributed by atoms with Crippen LogP contribution in [0.2, 0.25) is 5.02 Å². The van der Waals surface area contributed by atoms with Crippen molar-refractivity contribution in [3.8, 4) is 0 Å². The largest absolute Gasteiger partial charge is 0.126 e. The van der Waals surface area contributed by atoms with Crippen molar-refractivity contribution in [2.45, 2.75) is 26.2 Å². The molecule has 0 heterocycles. The molecule has 0 spiro atoms. The average molecular weight is 293 g/mol. The van der Waals surface area contributed by atoms with Crippen LogP contribution in [0.4, 0.5) is 0 Å². The molecule has 2 aromatic carbocycles. The van der Waals surface area contributed by atoms with Gasteiger partial charge in [0, 0.05) is 16.8 Å². The van der Waals surface area contributed by atoms with Crippen molar-refractivity contribution in [3.63, 3.8) is 0 Å². The molecule has 0 saturated carbocycles. The van der Waals surface area contributed by atoms with Gasteiger partial charge in [-0.05, 0) is 49.1 Å². The highest BCUT2D eigenvalue weighted by Gasteiger charge is 2.13. The fourth-order valence-electron chi connectivity index (χ4n) is 2.31. The molecule has 2 rings (SSSR count). The normalized spacial score (nSPS) is 12.4. The van der Waals surface area contributed by atoms with Gasteiger partial charge in [0.25, 0.3) is 0 Å². The Bertz CT molecular complexity index is 561. The lowest BCUT2D eigenvalue weighted by atomic mass is 9.91. The monoisotopic (exact) mass is 292 g/mol. The summed E-state index contributed by atoms with van der Waals surface area (Å²) in [6.07, 6.45) is 0.956. The van der Waals surface area contributed by atoms with Crippen LogP contribution in [-0.2, 0) is 6.42 Å². The van der Waals surface area contributed by atoms with Gasteiger partial charge in [-0.15, -0.1) is 11.6 Å². The SMILES string of the molecule is Cc1ccc(C)c(CC(CCl)c2cccc(Cl)c2)c1. The Morgan fingerprint density at radius 1 is 1.05 bits per heavy atom. The molecular formula is C17H18Cl2. The van der Waals surface area contributed by atoms with Crippen molar-refractivity contribution in [2.24, 2.45) is 0 Å². The molecule has 0 nitrogen and oxygen atoms in total. The summed E-state index contributed by atoms with van der Waals surface area (Å²) in [5, 5.41) is 0.772. The van der Waals surface area contributed by atoms with Gasteiger partial charge in [0.2, 0.25) is 0 Å². The van der Waals surface area contributed by atoms with Crippen molar-refractivity contribution in [3.05, 3.63) is 69.7 Å². The first-order valence-electron chi connectivity index (χ1n) is 6.47. The lowest BCUT2D eigenvalue weighted by Gasteiger charge is -2.17. The van der Waals surface area contributed by atoms with E-state index in [2.05, 4.69) is 38.1 Å². The van der Waals surface area contributed by atoms with Gasteiger partial charge in [0.05, 0.1) is 0 Å². The Kier molecular flexibility index (Phi) is 4.90. The fraction of sp³-hybridized carbons (Fsp3) is 0.294. The first kappa shape index (κ1) is 14.4. The molecular weight excluding hydrogens is 275 g/mol. The smallest absolute Gasteiger partial charge is 0.0408 e. The lowest BCUT2D eigenvalue weighted by molar-refractivity contribution is 0.762. The van der Waals surface area contributed by atoms with E-state index in [1.807, 2.05) is 18.2 Å². The Morgan fingerprint density at radius 2 is 1.84 bits per heavy atom. The van der Waals surface area contributed by atoms with Crippen molar-refractivity contribution in [1.82, 2.24) is 0 Å². The number of alkyl halides is 1. The molecule has 0 N–H and O–H groups in total. The quantitative estimate of drug-likeness (QED) is 0.651. The molecule has 2 heteroatoms. The van der Waals surface area contributed by atoms with Gasteiger partial charge in [-0.25, -0.2) is 0 Å². The molecule has 0 aromatic heterocycles. The molecule has 100 valence electrons. The molecule has 1 atom stereocenters. The minimum atomic E-state index is 0.306. The van der Waals surface area contributed by atoms with Gasteiger partial charge in [-0.2, -0.15) is 0 Å². The summed E-state index contributed by atoms with van der Waals surface area (Å²) in [4.78, 5) is 0. The molecule has 0 fully saturated rings. The third-order valence-electron chi connectivity index (χ3n) is 3.48. The van der Waals surface area contributed by atoms with Crippen LogP contribution < -0.4 is 0 Å². The highest BCUT2D eigenvalue weighted by atomic mass is 35.5. The lowest BCUT2D eigenvalue weighted by Crippen LogP contribution is -2.06. The molecule has 1 unspecified atom stereocenters. The molecule has 0 aliphatic carbocycles. The Balaban J connectivity index is 2.26. The summed E-state index contributed by atoms with van der Waals surface area (Å²) in [5.41, 5.74) is 5.19. The molecule has 19 heavy (non-hydrogen) atoms. The standard InChI is InChI=1S/C17H18Cl2/c1-12-6-7-13(2)15(8-12)9-16(11-18)14-4-3-5-17(19)10-14/h3-8,10,16H,9,11H2,1-2H3. The zero-order valence-corrected chi connectivity index (χ0v) is 12.8. The molecule has 0 amide bonds. The number of hydrogen-bond donors (Lipinski definition) is 0. The number of benzene rings is 2. The van der Waals surface area contributed by atoms with Gasteiger partial charge in [0.15, 0.2) is 0 Å². The summed E-state index contributed by atoms with van der Waals surface area (Å²) in [5.74, 6) is 0.911. The second-order valence-electron chi connectivity index (χ2n) is 5.04. The van der Waals surface area contributed by atoms with Crippen molar-refractivity contribution >= 4 is 23.2 Å². The van der Waals surface area contributed by atoms with E-state index in [1.54, 1.807) is 0 Å². The van der Waals surface area contributed by atoms with Crippen LogP contribution in [0, 0.1) is 13.8 Å². The van der Waals surface area contributed by atoms with Gasteiger partial charge >= 0.3 is 0 Å². The Labute approximate surface area is 125 Å². The van der Waals surface area contributed by atoms with Crippen LogP contribution in [0.1, 0.15) is 28.2 Å². The number of hydrogen-bond acceptors (Lipinski definition) is 0. The first-order chi connectivity index (χ1) is 9.10. The van der Waals surface area contributed by atoms with E-state index in [1.165, 1.54) is 22.3 Å². The fourth-order valence-corrected chi connectivity index (χ4v) is 2.79. The molecule has 0 aliphatic heterocycles. The van der Waals surface area contributed by atoms with Crippen LogP contribution in [0.25, 0.3) is 0 Å². The predicted molar refractivity (Wildman–Crippen MR) is 84.5 cm³/mol. The second kappa shape index (κ2) is 6.45. The van der Waals surface area contributed by atoms with Gasteiger partial charge < -0.3 is 0 Å². The zero-order valence-electron chi connectivity index (χ0n) is 11.3. The number of halogens is 2. The van der Waals surface area contributed by atoms with Crippen LogP contribution in [-0.4, -0.2) is 5.88 Å². The molecule has 0 radical (unpaired) electrons. The molecule has 0 bridgehead atoms. The van der Waals surface area contributed by atoms with Gasteiger partial charge in [-0.3, -0.25) is 0 Å². The Hall–Kier alpha value is -0.980. The minimum Gasteiger partial charge on any atom is -0.126 e. The third-order valence-corrected chi connectivity index (χ3v) is 4.08. The van der Waals surface area contributed by atoms with Crippen molar-refractivity contribution < 1.29 is 0 Å². The maximum absolute atomic E-state index is 6.15. The molecule has 0 aliphatic rings. The van der Waals surface area contributed by atoms with E-state index in [9.17, 15) is 0 Å². The first-order valence-corrected chi connectivity index (χ1v) is 7.39. The summed E-state index contributed by atoms with van der Waals surface area (Å²) < 4.78 is 0. The molecule has 0 saturated heterocycles. The van der Waals surface area contributed by atoms with E-state index in [-0.39, 0.29) is 0 Å². The zero-order chi connectivity index (χ0) is 13.8. The second-order valence-corrected chi connectivity index (χ2v) is 5.79. The van der Waals surface area contributed by atoms with Crippen LogP contribution in [0.15, 0.2) is 42.5 Å². The summed E-state index contributed by atoms with van der Waals surface area (Å²) in [7, 11) is 0. The van der Waals surface area contributed by atoms with Crippen LogP contribution in [0.5, 0.6) is 0 Å². The predicted octanol–water partition coefficient (Wildman–Crippen LogP) is 5.52.